The first-order valence-corrected chi connectivity index (χ1v) is 33.7. The molecule has 0 aromatic heterocycles. The van der Waals surface area contributed by atoms with E-state index in [9.17, 15) is 19.4 Å². The monoisotopic (exact) mass is 1110 g/mol. The fourth-order valence-corrected chi connectivity index (χ4v) is 9.72. The third-order valence-corrected chi connectivity index (χ3v) is 15.0. The van der Waals surface area contributed by atoms with Crippen molar-refractivity contribution < 1.29 is 32.9 Å². The van der Waals surface area contributed by atoms with E-state index in [0.29, 0.717) is 17.4 Å². The first-order valence-electron chi connectivity index (χ1n) is 32.2. The van der Waals surface area contributed by atoms with Crippen LogP contribution in [0.4, 0.5) is 0 Å². The number of phosphoric ester groups is 1. The van der Waals surface area contributed by atoms with Gasteiger partial charge in [0, 0.05) is 6.42 Å². The summed E-state index contributed by atoms with van der Waals surface area (Å²) in [6.07, 6.45) is 86.1. The lowest BCUT2D eigenvalue weighted by atomic mass is 10.0. The lowest BCUT2D eigenvalue weighted by Gasteiger charge is -2.29. The lowest BCUT2D eigenvalue weighted by molar-refractivity contribution is -0.870. The van der Waals surface area contributed by atoms with E-state index in [4.69, 9.17) is 9.05 Å². The number of aliphatic hydroxyl groups excluding tert-OH is 1. The summed E-state index contributed by atoms with van der Waals surface area (Å²) in [6, 6.07) is -0.892. The van der Waals surface area contributed by atoms with Gasteiger partial charge in [-0.3, -0.25) is 9.36 Å². The van der Waals surface area contributed by atoms with Crippen molar-refractivity contribution >= 4 is 13.7 Å². The number of amides is 1. The topological polar surface area (TPSA) is 108 Å². The van der Waals surface area contributed by atoms with Gasteiger partial charge < -0.3 is 28.8 Å². The van der Waals surface area contributed by atoms with Gasteiger partial charge in [-0.25, -0.2) is 0 Å². The second kappa shape index (κ2) is 58.8. The quantitative estimate of drug-likeness (QED) is 0.0272. The van der Waals surface area contributed by atoms with Crippen LogP contribution in [0.3, 0.4) is 0 Å². The highest BCUT2D eigenvalue weighted by Gasteiger charge is 2.23. The highest BCUT2D eigenvalue weighted by molar-refractivity contribution is 7.45. The van der Waals surface area contributed by atoms with E-state index in [1.54, 1.807) is 6.08 Å². The Morgan fingerprint density at radius 2 is 0.782 bits per heavy atom. The third kappa shape index (κ3) is 60.8. The number of carbonyl (C=O) groups is 1. The van der Waals surface area contributed by atoms with Gasteiger partial charge in [0.2, 0.25) is 5.91 Å². The Labute approximate surface area is 482 Å². The molecule has 0 saturated heterocycles. The third-order valence-electron chi connectivity index (χ3n) is 14.0. The molecular formula is C69H123N2O6P. The van der Waals surface area contributed by atoms with Crippen molar-refractivity contribution in [3.8, 4) is 0 Å². The second-order valence-electron chi connectivity index (χ2n) is 22.7. The van der Waals surface area contributed by atoms with Gasteiger partial charge >= 0.3 is 0 Å². The van der Waals surface area contributed by atoms with Gasteiger partial charge in [0.25, 0.3) is 7.82 Å². The number of hydrogen-bond donors (Lipinski definition) is 2. The van der Waals surface area contributed by atoms with Gasteiger partial charge in [-0.1, -0.05) is 290 Å². The van der Waals surface area contributed by atoms with E-state index < -0.39 is 20.0 Å². The Morgan fingerprint density at radius 1 is 0.462 bits per heavy atom. The normalized spacial score (nSPS) is 14.5. The number of carbonyl (C=O) groups excluding carboxylic acids is 1. The zero-order valence-electron chi connectivity index (χ0n) is 51.3. The Hall–Kier alpha value is -2.84. The molecule has 0 rings (SSSR count). The van der Waals surface area contributed by atoms with Gasteiger partial charge in [-0.2, -0.15) is 0 Å². The van der Waals surface area contributed by atoms with Gasteiger partial charge in [-0.05, 0) is 83.5 Å². The SMILES string of the molecule is CC/C=C\C/C=C\C/C=C\C/C=C\C/C=C\C/C=C\C/C=C\C/C=C\CCCCCCCCCCCCCCCCC(=O)NC(COP(=O)([O-])OCC[N+](C)(C)C)C(O)/C=C/CCCCCCCCCCCCCCCCC. The summed E-state index contributed by atoms with van der Waals surface area (Å²) in [5.41, 5.74) is 0. The maximum Gasteiger partial charge on any atom is 0.268 e. The van der Waals surface area contributed by atoms with E-state index in [0.717, 1.165) is 89.9 Å². The maximum absolute atomic E-state index is 13.0. The van der Waals surface area contributed by atoms with Gasteiger partial charge in [0.1, 0.15) is 13.2 Å². The first kappa shape index (κ1) is 75.2. The minimum absolute atomic E-state index is 0.00415. The van der Waals surface area contributed by atoms with Crippen LogP contribution in [0.15, 0.2) is 109 Å². The predicted octanol–water partition coefficient (Wildman–Crippen LogP) is 19.7. The lowest BCUT2D eigenvalue weighted by Crippen LogP contribution is -2.45. The minimum Gasteiger partial charge on any atom is -0.756 e. The van der Waals surface area contributed by atoms with Crippen LogP contribution >= 0.6 is 7.82 Å². The molecule has 0 aliphatic rings. The smallest absolute Gasteiger partial charge is 0.268 e. The highest BCUT2D eigenvalue weighted by atomic mass is 31.2. The summed E-state index contributed by atoms with van der Waals surface area (Å²) in [6.45, 7) is 4.54. The molecule has 8 nitrogen and oxygen atoms in total. The van der Waals surface area contributed by atoms with Crippen molar-refractivity contribution in [3.63, 3.8) is 0 Å². The molecule has 0 aliphatic carbocycles. The molecule has 1 amide bonds. The van der Waals surface area contributed by atoms with E-state index in [2.05, 4.69) is 116 Å². The van der Waals surface area contributed by atoms with E-state index in [1.165, 1.54) is 161 Å². The van der Waals surface area contributed by atoms with E-state index >= 15 is 0 Å². The Bertz CT molecular complexity index is 1640. The summed E-state index contributed by atoms with van der Waals surface area (Å²) in [4.78, 5) is 25.5. The maximum atomic E-state index is 13.0. The molecule has 3 unspecified atom stereocenters. The summed E-state index contributed by atoms with van der Waals surface area (Å²) in [5.74, 6) is -0.200. The fourth-order valence-electron chi connectivity index (χ4n) is 8.99. The van der Waals surface area contributed by atoms with Crippen molar-refractivity contribution in [2.45, 2.75) is 283 Å². The van der Waals surface area contributed by atoms with Crippen LogP contribution in [-0.2, 0) is 18.4 Å². The largest absolute Gasteiger partial charge is 0.756 e. The molecule has 3 atom stereocenters. The molecule has 0 radical (unpaired) electrons. The molecule has 0 spiro atoms. The van der Waals surface area contributed by atoms with Crippen LogP contribution in [0.25, 0.3) is 0 Å². The van der Waals surface area contributed by atoms with Crippen LogP contribution < -0.4 is 10.2 Å². The average Bonchev–Trinajstić information content (AvgIpc) is 3.40. The number of rotatable bonds is 58. The van der Waals surface area contributed by atoms with Crippen molar-refractivity contribution in [2.75, 3.05) is 40.9 Å². The molecule has 0 aromatic carbocycles. The predicted molar refractivity (Wildman–Crippen MR) is 339 cm³/mol. The zero-order chi connectivity index (χ0) is 57.0. The first-order chi connectivity index (χ1) is 38.0. The summed E-state index contributed by atoms with van der Waals surface area (Å²) < 4.78 is 23.4. The molecule has 0 bridgehead atoms. The molecule has 2 N–H and O–H groups in total. The summed E-state index contributed by atoms with van der Waals surface area (Å²) in [5, 5.41) is 13.9. The molecule has 0 saturated carbocycles. The summed E-state index contributed by atoms with van der Waals surface area (Å²) in [7, 11) is 1.26. The number of likely N-dealkylation sites (N-methyl/N-ethyl adjacent to an activating group) is 1. The van der Waals surface area contributed by atoms with Crippen molar-refractivity contribution in [1.29, 1.82) is 0 Å². The summed E-state index contributed by atoms with van der Waals surface area (Å²) >= 11 is 0. The number of phosphoric acid groups is 1. The second-order valence-corrected chi connectivity index (χ2v) is 24.1. The van der Waals surface area contributed by atoms with Crippen LogP contribution in [0, 0.1) is 0 Å². The number of nitrogens with one attached hydrogen (secondary N) is 1. The molecule has 0 aromatic rings. The molecule has 9 heteroatoms. The van der Waals surface area contributed by atoms with Crippen molar-refractivity contribution in [3.05, 3.63) is 109 Å². The standard InChI is InChI=1S/C69H123N2O6P/c1-6-8-10-12-14-16-18-20-22-24-25-26-27-28-29-30-31-32-33-34-35-36-37-38-39-40-41-42-43-44-45-47-49-51-53-55-57-59-61-63-69(73)70-67(66-77-78(74,75)76-65-64-71(3,4)5)68(72)62-60-58-56-54-52-50-48-46-23-21-19-17-15-13-11-9-7-2/h8,10,14,16,20,22,25-26,28-29,31-32,34-35,37-38,60,62,67-68,72H,6-7,9,11-13,15,17-19,21,23-24,27,30,33,36,39-59,61,63-66H2,1-5H3,(H-,70,73,74,75)/b10-8-,16-14-,22-20-,26-25-,29-28-,32-31-,35-34-,38-37-,62-60+. The number of nitrogens with zero attached hydrogens (tertiary/aromatic N) is 1. The van der Waals surface area contributed by atoms with Crippen LogP contribution in [0.2, 0.25) is 0 Å². The molecule has 450 valence electrons. The van der Waals surface area contributed by atoms with Crippen LogP contribution in [0.1, 0.15) is 271 Å². The van der Waals surface area contributed by atoms with E-state index in [1.807, 2.05) is 27.2 Å². The number of allylic oxidation sites excluding steroid dienone is 17. The molecule has 0 aliphatic heterocycles. The van der Waals surface area contributed by atoms with Crippen LogP contribution in [0.5, 0.6) is 0 Å². The van der Waals surface area contributed by atoms with E-state index in [-0.39, 0.29) is 19.1 Å². The van der Waals surface area contributed by atoms with Crippen molar-refractivity contribution in [2.24, 2.45) is 0 Å². The molecule has 0 fully saturated rings. The molecule has 0 heterocycles. The van der Waals surface area contributed by atoms with Crippen LogP contribution in [-0.4, -0.2) is 68.5 Å². The zero-order valence-corrected chi connectivity index (χ0v) is 52.2. The van der Waals surface area contributed by atoms with Gasteiger partial charge in [0.15, 0.2) is 0 Å². The minimum atomic E-state index is -4.60. The number of aliphatic hydroxyl groups is 1. The Kier molecular flexibility index (Phi) is 56.7. The van der Waals surface area contributed by atoms with Gasteiger partial charge in [0.05, 0.1) is 39.9 Å². The van der Waals surface area contributed by atoms with Gasteiger partial charge in [-0.15, -0.1) is 0 Å². The fraction of sp³-hybridized carbons (Fsp3) is 0.725. The molecular weight excluding hydrogens is 984 g/mol. The number of hydrogen-bond acceptors (Lipinski definition) is 6. The Morgan fingerprint density at radius 3 is 1.14 bits per heavy atom. The average molecular weight is 1110 g/mol. The highest BCUT2D eigenvalue weighted by Crippen LogP contribution is 2.38. The molecule has 78 heavy (non-hydrogen) atoms. The van der Waals surface area contributed by atoms with Crippen molar-refractivity contribution in [1.82, 2.24) is 5.32 Å². The Balaban J connectivity index is 4.06. The number of quaternary nitrogens is 1. The number of unbranched alkanes of at least 4 members (excludes halogenated alkanes) is 29.